The SMILES string of the molecule is O=C1CCC2CN(C(=O)c3ccc(Br)c(Cl)c3)CCC2N1. The summed E-state index contributed by atoms with van der Waals surface area (Å²) in [5.41, 5.74) is 0.612. The molecule has 0 aromatic heterocycles. The maximum atomic E-state index is 12.6. The minimum absolute atomic E-state index is 0.0137. The smallest absolute Gasteiger partial charge is 0.253 e. The molecule has 1 N–H and O–H groups in total. The average molecular weight is 372 g/mol. The van der Waals surface area contributed by atoms with Gasteiger partial charge in [-0.15, -0.1) is 0 Å². The monoisotopic (exact) mass is 370 g/mol. The van der Waals surface area contributed by atoms with Gasteiger partial charge in [0.15, 0.2) is 0 Å². The quantitative estimate of drug-likeness (QED) is 0.825. The van der Waals surface area contributed by atoms with E-state index in [0.717, 1.165) is 17.3 Å². The molecule has 2 fully saturated rings. The highest BCUT2D eigenvalue weighted by Gasteiger charge is 2.35. The van der Waals surface area contributed by atoms with Crippen molar-refractivity contribution in [1.29, 1.82) is 0 Å². The lowest BCUT2D eigenvalue weighted by Crippen LogP contribution is -2.55. The van der Waals surface area contributed by atoms with Gasteiger partial charge in [0.05, 0.1) is 5.02 Å². The van der Waals surface area contributed by atoms with Crippen LogP contribution in [0.5, 0.6) is 0 Å². The third kappa shape index (κ3) is 3.09. The standard InChI is InChI=1S/C15H16BrClN2O2/c16-11-3-1-9(7-12(11)17)15(21)19-6-5-13-10(8-19)2-4-14(20)18-13/h1,3,7,10,13H,2,4-6,8H2,(H,18,20). The predicted molar refractivity (Wildman–Crippen MR) is 84.3 cm³/mol. The highest BCUT2D eigenvalue weighted by molar-refractivity contribution is 9.10. The molecule has 1 aromatic carbocycles. The first-order chi connectivity index (χ1) is 10.0. The lowest BCUT2D eigenvalue weighted by atomic mass is 9.85. The number of piperidine rings is 2. The molecule has 21 heavy (non-hydrogen) atoms. The molecule has 2 unspecified atom stereocenters. The summed E-state index contributed by atoms with van der Waals surface area (Å²) in [5.74, 6) is 0.516. The molecule has 2 aliphatic rings. The van der Waals surface area contributed by atoms with Gasteiger partial charge in [-0.25, -0.2) is 0 Å². The predicted octanol–water partition coefficient (Wildman–Crippen LogP) is 2.84. The summed E-state index contributed by atoms with van der Waals surface area (Å²) in [4.78, 5) is 25.9. The molecule has 0 spiro atoms. The Morgan fingerprint density at radius 1 is 1.38 bits per heavy atom. The molecule has 0 bridgehead atoms. The van der Waals surface area contributed by atoms with Gasteiger partial charge in [0, 0.05) is 35.6 Å². The Morgan fingerprint density at radius 2 is 2.19 bits per heavy atom. The van der Waals surface area contributed by atoms with Crippen LogP contribution >= 0.6 is 27.5 Å². The van der Waals surface area contributed by atoms with Gasteiger partial charge < -0.3 is 10.2 Å². The van der Waals surface area contributed by atoms with Crippen molar-refractivity contribution >= 4 is 39.3 Å². The number of benzene rings is 1. The number of carbonyl (C=O) groups excluding carboxylic acids is 2. The third-order valence-electron chi connectivity index (χ3n) is 4.28. The van der Waals surface area contributed by atoms with Crippen molar-refractivity contribution in [3.05, 3.63) is 33.3 Å². The van der Waals surface area contributed by atoms with Crippen molar-refractivity contribution < 1.29 is 9.59 Å². The molecule has 0 saturated carbocycles. The molecule has 2 saturated heterocycles. The Hall–Kier alpha value is -1.07. The largest absolute Gasteiger partial charge is 0.353 e. The fraction of sp³-hybridized carbons (Fsp3) is 0.467. The van der Waals surface area contributed by atoms with Crippen molar-refractivity contribution in [3.63, 3.8) is 0 Å². The normalized spacial score (nSPS) is 25.2. The number of hydrogen-bond donors (Lipinski definition) is 1. The van der Waals surface area contributed by atoms with Crippen molar-refractivity contribution in [1.82, 2.24) is 10.2 Å². The minimum atomic E-state index is 0.0137. The van der Waals surface area contributed by atoms with Gasteiger partial charge >= 0.3 is 0 Å². The molecule has 1 aromatic rings. The molecular formula is C15H16BrClN2O2. The highest BCUT2D eigenvalue weighted by atomic mass is 79.9. The lowest BCUT2D eigenvalue weighted by molar-refractivity contribution is -0.125. The second kappa shape index (κ2) is 5.97. The van der Waals surface area contributed by atoms with Gasteiger partial charge in [-0.3, -0.25) is 9.59 Å². The number of amides is 2. The molecule has 112 valence electrons. The first-order valence-electron chi connectivity index (χ1n) is 7.08. The summed E-state index contributed by atoms with van der Waals surface area (Å²) in [7, 11) is 0. The van der Waals surface area contributed by atoms with Crippen LogP contribution in [0, 0.1) is 5.92 Å². The minimum Gasteiger partial charge on any atom is -0.353 e. The van der Waals surface area contributed by atoms with Gasteiger partial charge in [0.2, 0.25) is 5.91 Å². The molecule has 2 atom stereocenters. The zero-order chi connectivity index (χ0) is 15.0. The van der Waals surface area contributed by atoms with E-state index in [1.165, 1.54) is 0 Å². The summed E-state index contributed by atoms with van der Waals surface area (Å²) in [5, 5.41) is 3.57. The van der Waals surface area contributed by atoms with Crippen LogP contribution in [0.25, 0.3) is 0 Å². The van der Waals surface area contributed by atoms with Crippen LogP contribution in [-0.2, 0) is 4.79 Å². The zero-order valence-electron chi connectivity index (χ0n) is 11.4. The molecule has 3 rings (SSSR count). The zero-order valence-corrected chi connectivity index (χ0v) is 13.8. The van der Waals surface area contributed by atoms with Crippen molar-refractivity contribution in [2.45, 2.75) is 25.3 Å². The molecule has 2 heterocycles. The molecule has 2 amide bonds. The van der Waals surface area contributed by atoms with Crippen LogP contribution in [-0.4, -0.2) is 35.8 Å². The Kier molecular flexibility index (Phi) is 4.22. The first kappa shape index (κ1) is 14.9. The third-order valence-corrected chi connectivity index (χ3v) is 5.51. The summed E-state index contributed by atoms with van der Waals surface area (Å²) in [6.07, 6.45) is 2.25. The number of rotatable bonds is 1. The Morgan fingerprint density at radius 3 is 2.95 bits per heavy atom. The summed E-state index contributed by atoms with van der Waals surface area (Å²) < 4.78 is 0.786. The summed E-state index contributed by atoms with van der Waals surface area (Å²) >= 11 is 9.39. The maximum absolute atomic E-state index is 12.6. The Labute approximate surface area is 137 Å². The van der Waals surface area contributed by atoms with E-state index in [2.05, 4.69) is 21.2 Å². The van der Waals surface area contributed by atoms with Gasteiger partial charge in [0.25, 0.3) is 5.91 Å². The molecule has 6 heteroatoms. The van der Waals surface area contributed by atoms with E-state index in [1.807, 2.05) is 4.90 Å². The van der Waals surface area contributed by atoms with Crippen molar-refractivity contribution in [3.8, 4) is 0 Å². The van der Waals surface area contributed by atoms with E-state index in [0.29, 0.717) is 36.0 Å². The van der Waals surface area contributed by atoms with Crippen molar-refractivity contribution in [2.75, 3.05) is 13.1 Å². The van der Waals surface area contributed by atoms with E-state index >= 15 is 0 Å². The van der Waals surface area contributed by atoms with E-state index in [9.17, 15) is 9.59 Å². The number of nitrogens with zero attached hydrogens (tertiary/aromatic N) is 1. The molecule has 4 nitrogen and oxygen atoms in total. The van der Waals surface area contributed by atoms with E-state index in [4.69, 9.17) is 11.6 Å². The van der Waals surface area contributed by atoms with Crippen LogP contribution in [0.2, 0.25) is 5.02 Å². The average Bonchev–Trinajstić information content (AvgIpc) is 2.49. The molecule has 0 radical (unpaired) electrons. The number of halogens is 2. The van der Waals surface area contributed by atoms with Crippen LogP contribution in [0.1, 0.15) is 29.6 Å². The first-order valence-corrected chi connectivity index (χ1v) is 8.25. The molecular weight excluding hydrogens is 356 g/mol. The molecule has 2 aliphatic heterocycles. The Bertz CT molecular complexity index is 593. The fourth-order valence-corrected chi connectivity index (χ4v) is 3.53. The van der Waals surface area contributed by atoms with Gasteiger partial charge in [-0.05, 0) is 52.9 Å². The van der Waals surface area contributed by atoms with Gasteiger partial charge in [-0.1, -0.05) is 11.6 Å². The second-order valence-corrected chi connectivity index (χ2v) is 6.90. The van der Waals surface area contributed by atoms with E-state index in [-0.39, 0.29) is 17.9 Å². The maximum Gasteiger partial charge on any atom is 0.253 e. The van der Waals surface area contributed by atoms with E-state index in [1.54, 1.807) is 18.2 Å². The van der Waals surface area contributed by atoms with Crippen LogP contribution in [0.3, 0.4) is 0 Å². The number of likely N-dealkylation sites (tertiary alicyclic amines) is 1. The van der Waals surface area contributed by atoms with E-state index < -0.39 is 0 Å². The Balaban J connectivity index is 1.71. The van der Waals surface area contributed by atoms with Gasteiger partial charge in [-0.2, -0.15) is 0 Å². The topological polar surface area (TPSA) is 49.4 Å². The molecule has 0 aliphatic carbocycles. The van der Waals surface area contributed by atoms with Crippen LogP contribution < -0.4 is 5.32 Å². The second-order valence-electron chi connectivity index (χ2n) is 5.64. The highest BCUT2D eigenvalue weighted by Crippen LogP contribution is 2.28. The lowest BCUT2D eigenvalue weighted by Gasteiger charge is -2.41. The summed E-state index contributed by atoms with van der Waals surface area (Å²) in [6, 6.07) is 5.50. The van der Waals surface area contributed by atoms with Gasteiger partial charge in [0.1, 0.15) is 0 Å². The summed E-state index contributed by atoms with van der Waals surface area (Å²) in [6.45, 7) is 1.38. The van der Waals surface area contributed by atoms with Crippen molar-refractivity contribution in [2.24, 2.45) is 5.92 Å². The number of fused-ring (bicyclic) bond motifs is 1. The number of carbonyl (C=O) groups is 2. The fourth-order valence-electron chi connectivity index (χ4n) is 3.11. The number of hydrogen-bond acceptors (Lipinski definition) is 2. The van der Waals surface area contributed by atoms with Crippen LogP contribution in [0.4, 0.5) is 0 Å². The van der Waals surface area contributed by atoms with Crippen LogP contribution in [0.15, 0.2) is 22.7 Å². The number of nitrogens with one attached hydrogen (secondary N) is 1.